The topological polar surface area (TPSA) is 17.1 Å². The van der Waals surface area contributed by atoms with Gasteiger partial charge < -0.3 is 0 Å². The minimum absolute atomic E-state index is 0.101. The minimum Gasteiger partial charge on any atom is -0.294 e. The zero-order chi connectivity index (χ0) is 9.05. The van der Waals surface area contributed by atoms with Crippen molar-refractivity contribution >= 4 is 5.78 Å². The van der Waals surface area contributed by atoms with E-state index in [1.54, 1.807) is 6.07 Å². The maximum atomic E-state index is 12.8. The number of ketones is 1. The average Bonchev–Trinajstić information content (AvgIpc) is 2.79. The molecule has 2 aliphatic rings. The van der Waals surface area contributed by atoms with Crippen molar-refractivity contribution in [2.45, 2.75) is 19.3 Å². The normalized spacial score (nSPS) is 22.1. The predicted octanol–water partition coefficient (Wildman–Crippen LogP) is 2.34. The second-order valence-electron chi connectivity index (χ2n) is 4.09. The van der Waals surface area contributed by atoms with Gasteiger partial charge in [-0.2, -0.15) is 0 Å². The zero-order valence-electron chi connectivity index (χ0n) is 7.14. The summed E-state index contributed by atoms with van der Waals surface area (Å²) in [6, 6.07) is 4.50. The Morgan fingerprint density at radius 2 is 2.08 bits per heavy atom. The van der Waals surface area contributed by atoms with Crippen LogP contribution in [0, 0.1) is 11.2 Å². The van der Waals surface area contributed by atoms with Gasteiger partial charge >= 0.3 is 0 Å². The molecule has 1 fully saturated rings. The summed E-state index contributed by atoms with van der Waals surface area (Å²) >= 11 is 0. The third-order valence-corrected chi connectivity index (χ3v) is 3.18. The second kappa shape index (κ2) is 2.00. The summed E-state index contributed by atoms with van der Waals surface area (Å²) in [4.78, 5) is 11.8. The third-order valence-electron chi connectivity index (χ3n) is 3.18. The molecule has 0 bridgehead atoms. The van der Waals surface area contributed by atoms with Crippen LogP contribution in [0.4, 0.5) is 4.39 Å². The van der Waals surface area contributed by atoms with Crippen LogP contribution in [-0.4, -0.2) is 5.78 Å². The Balaban J connectivity index is 2.17. The van der Waals surface area contributed by atoms with Gasteiger partial charge in [-0.1, -0.05) is 0 Å². The molecular weight excluding hydrogens is 167 g/mol. The van der Waals surface area contributed by atoms with Crippen LogP contribution >= 0.6 is 0 Å². The number of benzene rings is 1. The third kappa shape index (κ3) is 0.831. The number of hydrogen-bond acceptors (Lipinski definition) is 1. The molecule has 13 heavy (non-hydrogen) atoms. The zero-order valence-corrected chi connectivity index (χ0v) is 7.14. The van der Waals surface area contributed by atoms with E-state index in [-0.39, 0.29) is 17.0 Å². The molecule has 0 heterocycles. The van der Waals surface area contributed by atoms with E-state index in [1.165, 1.54) is 12.1 Å². The maximum absolute atomic E-state index is 12.8. The van der Waals surface area contributed by atoms with Crippen molar-refractivity contribution in [2.75, 3.05) is 0 Å². The average molecular weight is 176 g/mol. The molecule has 1 aromatic rings. The SMILES string of the molecule is O=C1c2ccc(F)cc2CC12CC2. The van der Waals surface area contributed by atoms with E-state index in [2.05, 4.69) is 0 Å². The van der Waals surface area contributed by atoms with Crippen molar-refractivity contribution in [3.05, 3.63) is 35.1 Å². The van der Waals surface area contributed by atoms with Gasteiger partial charge in [0.05, 0.1) is 0 Å². The van der Waals surface area contributed by atoms with E-state index in [1.807, 2.05) is 0 Å². The van der Waals surface area contributed by atoms with Crippen molar-refractivity contribution in [2.24, 2.45) is 5.41 Å². The Morgan fingerprint density at radius 3 is 2.77 bits per heavy atom. The highest BCUT2D eigenvalue weighted by Crippen LogP contribution is 2.55. The number of carbonyl (C=O) groups excluding carboxylic acids is 1. The molecule has 0 saturated heterocycles. The van der Waals surface area contributed by atoms with E-state index in [4.69, 9.17) is 0 Å². The summed E-state index contributed by atoms with van der Waals surface area (Å²) in [7, 11) is 0. The van der Waals surface area contributed by atoms with Gasteiger partial charge in [-0.05, 0) is 43.0 Å². The van der Waals surface area contributed by atoms with Crippen LogP contribution in [0.2, 0.25) is 0 Å². The summed E-state index contributed by atoms with van der Waals surface area (Å²) in [6.45, 7) is 0. The van der Waals surface area contributed by atoms with Crippen LogP contribution in [0.25, 0.3) is 0 Å². The van der Waals surface area contributed by atoms with Crippen LogP contribution in [0.15, 0.2) is 18.2 Å². The van der Waals surface area contributed by atoms with Crippen molar-refractivity contribution in [1.29, 1.82) is 0 Å². The monoisotopic (exact) mass is 176 g/mol. The Kier molecular flexibility index (Phi) is 1.12. The van der Waals surface area contributed by atoms with E-state index in [9.17, 15) is 9.18 Å². The first-order valence-corrected chi connectivity index (χ1v) is 4.55. The number of carbonyl (C=O) groups is 1. The van der Waals surface area contributed by atoms with E-state index in [0.717, 1.165) is 30.4 Å². The van der Waals surface area contributed by atoms with E-state index in [0.29, 0.717) is 0 Å². The Hall–Kier alpha value is -1.18. The fourth-order valence-electron chi connectivity index (χ4n) is 2.22. The molecular formula is C11H9FO. The molecule has 0 unspecified atom stereocenters. The molecule has 0 radical (unpaired) electrons. The van der Waals surface area contributed by atoms with Crippen molar-refractivity contribution < 1.29 is 9.18 Å². The lowest BCUT2D eigenvalue weighted by molar-refractivity contribution is 0.0919. The fraction of sp³-hybridized carbons (Fsp3) is 0.364. The molecule has 0 atom stereocenters. The fourth-order valence-corrected chi connectivity index (χ4v) is 2.22. The number of halogens is 1. The molecule has 0 amide bonds. The summed E-state index contributed by atoms with van der Waals surface area (Å²) < 4.78 is 12.8. The van der Waals surface area contributed by atoms with Gasteiger partial charge in [-0.3, -0.25) is 4.79 Å². The van der Waals surface area contributed by atoms with Crippen LogP contribution in [0.3, 0.4) is 0 Å². The minimum atomic E-state index is -0.232. The number of hydrogen-bond donors (Lipinski definition) is 0. The van der Waals surface area contributed by atoms with Crippen LogP contribution < -0.4 is 0 Å². The summed E-state index contributed by atoms with van der Waals surface area (Å²) in [5, 5.41) is 0. The van der Waals surface area contributed by atoms with E-state index >= 15 is 0 Å². The first kappa shape index (κ1) is 7.25. The molecule has 0 aromatic heterocycles. The molecule has 66 valence electrons. The van der Waals surface area contributed by atoms with Crippen LogP contribution in [-0.2, 0) is 6.42 Å². The van der Waals surface area contributed by atoms with Crippen molar-refractivity contribution in [3.63, 3.8) is 0 Å². The summed E-state index contributed by atoms with van der Waals surface area (Å²) in [6.07, 6.45) is 2.74. The molecule has 0 aliphatic heterocycles. The van der Waals surface area contributed by atoms with Crippen molar-refractivity contribution in [3.8, 4) is 0 Å². The molecule has 2 heteroatoms. The van der Waals surface area contributed by atoms with Gasteiger partial charge in [-0.15, -0.1) is 0 Å². The standard InChI is InChI=1S/C11H9FO/c12-8-1-2-9-7(5-8)6-11(3-4-11)10(9)13/h1-2,5H,3-4,6H2. The largest absolute Gasteiger partial charge is 0.294 e. The molecule has 3 rings (SSSR count). The van der Waals surface area contributed by atoms with Crippen LogP contribution in [0.1, 0.15) is 28.8 Å². The van der Waals surface area contributed by atoms with Gasteiger partial charge in [0.25, 0.3) is 0 Å². The molecule has 1 aromatic carbocycles. The van der Waals surface area contributed by atoms with Crippen LogP contribution in [0.5, 0.6) is 0 Å². The van der Waals surface area contributed by atoms with Crippen molar-refractivity contribution in [1.82, 2.24) is 0 Å². The van der Waals surface area contributed by atoms with Gasteiger partial charge in [0.1, 0.15) is 5.82 Å². The smallest absolute Gasteiger partial charge is 0.169 e. The van der Waals surface area contributed by atoms with Gasteiger partial charge in [0.2, 0.25) is 0 Å². The van der Waals surface area contributed by atoms with E-state index < -0.39 is 0 Å². The van der Waals surface area contributed by atoms with Gasteiger partial charge in [0, 0.05) is 11.0 Å². The Labute approximate surface area is 75.6 Å². The number of Topliss-reactive ketones (excluding diaryl/α,β-unsaturated/α-hetero) is 1. The predicted molar refractivity (Wildman–Crippen MR) is 46.1 cm³/mol. The molecule has 1 nitrogen and oxygen atoms in total. The Bertz CT molecular complexity index is 405. The highest BCUT2D eigenvalue weighted by atomic mass is 19.1. The lowest BCUT2D eigenvalue weighted by Gasteiger charge is -1.98. The first-order chi connectivity index (χ1) is 6.21. The van der Waals surface area contributed by atoms with Gasteiger partial charge in [0.15, 0.2) is 5.78 Å². The molecule has 1 saturated carbocycles. The quantitative estimate of drug-likeness (QED) is 0.593. The summed E-state index contributed by atoms with van der Waals surface area (Å²) in [5.74, 6) is 0.00625. The molecule has 2 aliphatic carbocycles. The highest BCUT2D eigenvalue weighted by Gasteiger charge is 2.54. The molecule has 0 N–H and O–H groups in total. The maximum Gasteiger partial charge on any atom is 0.169 e. The number of rotatable bonds is 0. The Morgan fingerprint density at radius 1 is 1.31 bits per heavy atom. The lowest BCUT2D eigenvalue weighted by Crippen LogP contribution is -2.08. The first-order valence-electron chi connectivity index (χ1n) is 4.55. The lowest BCUT2D eigenvalue weighted by atomic mass is 10.0. The highest BCUT2D eigenvalue weighted by molar-refractivity contribution is 6.06. The summed E-state index contributed by atoms with van der Waals surface area (Å²) in [5.41, 5.74) is 1.55. The number of fused-ring (bicyclic) bond motifs is 1. The second-order valence-corrected chi connectivity index (χ2v) is 4.09. The molecule has 1 spiro atoms. The van der Waals surface area contributed by atoms with Gasteiger partial charge in [-0.25, -0.2) is 4.39 Å².